The van der Waals surface area contributed by atoms with Crippen molar-refractivity contribution < 1.29 is 8.42 Å². The second-order valence-corrected chi connectivity index (χ2v) is 8.06. The maximum atomic E-state index is 11.5. The average Bonchev–Trinajstić information content (AvgIpc) is 2.41. The highest BCUT2D eigenvalue weighted by Gasteiger charge is 2.24. The molecule has 0 unspecified atom stereocenters. The molecule has 118 valence electrons. The van der Waals surface area contributed by atoms with E-state index in [0.717, 1.165) is 24.0 Å². The van der Waals surface area contributed by atoms with Crippen LogP contribution in [0.1, 0.15) is 45.4 Å². The standard InChI is InChI=1S/C14H24N4O2S/c1-4-15-12-9-13(18-14(17-12)10(2)3)16-11-5-7-21(19,20)8-6-11/h9-11H,4-8H2,1-3H3,(H2,15,16,17,18). The van der Waals surface area contributed by atoms with Crippen LogP contribution in [0.2, 0.25) is 0 Å². The number of nitrogens with one attached hydrogen (secondary N) is 2. The summed E-state index contributed by atoms with van der Waals surface area (Å²) in [7, 11) is -2.83. The Morgan fingerprint density at radius 1 is 1.24 bits per heavy atom. The smallest absolute Gasteiger partial charge is 0.150 e. The lowest BCUT2D eigenvalue weighted by Gasteiger charge is -2.24. The molecule has 0 radical (unpaired) electrons. The number of hydrogen-bond donors (Lipinski definition) is 2. The molecule has 0 aromatic carbocycles. The lowest BCUT2D eigenvalue weighted by Crippen LogP contribution is -2.32. The maximum absolute atomic E-state index is 11.5. The van der Waals surface area contributed by atoms with Crippen LogP contribution in [-0.4, -0.2) is 42.5 Å². The summed E-state index contributed by atoms with van der Waals surface area (Å²) < 4.78 is 22.9. The SMILES string of the molecule is CCNc1cc(NC2CCS(=O)(=O)CC2)nc(C(C)C)n1. The Kier molecular flexibility index (Phi) is 5.03. The van der Waals surface area contributed by atoms with E-state index in [-0.39, 0.29) is 23.5 Å². The Morgan fingerprint density at radius 3 is 2.43 bits per heavy atom. The van der Waals surface area contributed by atoms with E-state index in [1.807, 2.05) is 13.0 Å². The number of hydrogen-bond acceptors (Lipinski definition) is 6. The molecule has 1 aromatic heterocycles. The van der Waals surface area contributed by atoms with Crippen molar-refractivity contribution in [3.8, 4) is 0 Å². The number of sulfone groups is 1. The molecule has 21 heavy (non-hydrogen) atoms. The molecule has 1 fully saturated rings. The molecule has 0 amide bonds. The summed E-state index contributed by atoms with van der Waals surface area (Å²) >= 11 is 0. The van der Waals surface area contributed by atoms with Crippen molar-refractivity contribution >= 4 is 21.5 Å². The quantitative estimate of drug-likeness (QED) is 0.865. The van der Waals surface area contributed by atoms with E-state index in [0.29, 0.717) is 12.8 Å². The Bertz CT molecular complexity index is 573. The predicted molar refractivity (Wildman–Crippen MR) is 85.6 cm³/mol. The molecule has 6 nitrogen and oxygen atoms in total. The molecule has 1 aromatic rings. The van der Waals surface area contributed by atoms with Gasteiger partial charge in [0.25, 0.3) is 0 Å². The highest BCUT2D eigenvalue weighted by atomic mass is 32.2. The van der Waals surface area contributed by atoms with Gasteiger partial charge in [-0.2, -0.15) is 0 Å². The summed E-state index contributed by atoms with van der Waals surface area (Å²) in [6, 6.07) is 2.05. The highest BCUT2D eigenvalue weighted by molar-refractivity contribution is 7.91. The molecule has 2 heterocycles. The lowest BCUT2D eigenvalue weighted by atomic mass is 10.1. The van der Waals surface area contributed by atoms with Crippen LogP contribution in [0.25, 0.3) is 0 Å². The Balaban J connectivity index is 2.11. The van der Waals surface area contributed by atoms with Crippen LogP contribution in [0.4, 0.5) is 11.6 Å². The normalized spacial score (nSPS) is 18.7. The van der Waals surface area contributed by atoms with Crippen molar-refractivity contribution in [3.63, 3.8) is 0 Å². The zero-order valence-corrected chi connectivity index (χ0v) is 13.7. The van der Waals surface area contributed by atoms with Crippen LogP contribution in [0, 0.1) is 0 Å². The Labute approximate surface area is 126 Å². The Hall–Kier alpha value is -1.37. The third kappa shape index (κ3) is 4.56. The summed E-state index contributed by atoms with van der Waals surface area (Å²) in [5, 5.41) is 6.56. The van der Waals surface area contributed by atoms with Gasteiger partial charge in [0, 0.05) is 24.6 Å². The monoisotopic (exact) mass is 312 g/mol. The first-order valence-electron chi connectivity index (χ1n) is 7.49. The van der Waals surface area contributed by atoms with Gasteiger partial charge in [0.2, 0.25) is 0 Å². The van der Waals surface area contributed by atoms with Gasteiger partial charge >= 0.3 is 0 Å². The van der Waals surface area contributed by atoms with Gasteiger partial charge in [-0.05, 0) is 19.8 Å². The minimum absolute atomic E-state index is 0.165. The van der Waals surface area contributed by atoms with Gasteiger partial charge in [0.1, 0.15) is 27.3 Å². The van der Waals surface area contributed by atoms with Crippen molar-refractivity contribution in [2.24, 2.45) is 0 Å². The summed E-state index contributed by atoms with van der Waals surface area (Å²) in [6.07, 6.45) is 1.28. The molecule has 2 N–H and O–H groups in total. The zero-order valence-electron chi connectivity index (χ0n) is 12.9. The fourth-order valence-electron chi connectivity index (χ4n) is 2.31. The molecule has 0 atom stereocenters. The third-order valence-corrected chi connectivity index (χ3v) is 5.24. The molecule has 0 spiro atoms. The van der Waals surface area contributed by atoms with Crippen LogP contribution in [0.3, 0.4) is 0 Å². The second-order valence-electron chi connectivity index (χ2n) is 5.75. The number of rotatable bonds is 5. The van der Waals surface area contributed by atoms with E-state index in [9.17, 15) is 8.42 Å². The summed E-state index contributed by atoms with van der Waals surface area (Å²) in [4.78, 5) is 9.01. The van der Waals surface area contributed by atoms with E-state index in [1.165, 1.54) is 0 Å². The fraction of sp³-hybridized carbons (Fsp3) is 0.714. The van der Waals surface area contributed by atoms with E-state index < -0.39 is 9.84 Å². The number of aromatic nitrogens is 2. The molecule has 0 saturated carbocycles. The van der Waals surface area contributed by atoms with E-state index in [2.05, 4.69) is 34.4 Å². The van der Waals surface area contributed by atoms with Gasteiger partial charge in [-0.1, -0.05) is 13.8 Å². The first-order chi connectivity index (χ1) is 9.89. The Morgan fingerprint density at radius 2 is 1.86 bits per heavy atom. The molecule has 0 bridgehead atoms. The van der Waals surface area contributed by atoms with Crippen LogP contribution in [0.5, 0.6) is 0 Å². The molecule has 1 aliphatic heterocycles. The minimum Gasteiger partial charge on any atom is -0.370 e. The molecule has 0 aliphatic carbocycles. The molecule has 1 saturated heterocycles. The van der Waals surface area contributed by atoms with Crippen molar-refractivity contribution in [1.29, 1.82) is 0 Å². The highest BCUT2D eigenvalue weighted by Crippen LogP contribution is 2.21. The largest absolute Gasteiger partial charge is 0.370 e. The van der Waals surface area contributed by atoms with E-state index in [4.69, 9.17) is 0 Å². The van der Waals surface area contributed by atoms with Crippen molar-refractivity contribution in [3.05, 3.63) is 11.9 Å². The van der Waals surface area contributed by atoms with Gasteiger partial charge < -0.3 is 10.6 Å². The van der Waals surface area contributed by atoms with Crippen molar-refractivity contribution in [1.82, 2.24) is 9.97 Å². The summed E-state index contributed by atoms with van der Waals surface area (Å²) in [6.45, 7) is 6.94. The topological polar surface area (TPSA) is 84.0 Å². The summed E-state index contributed by atoms with van der Waals surface area (Å²) in [5.41, 5.74) is 0. The number of nitrogens with zero attached hydrogens (tertiary/aromatic N) is 2. The van der Waals surface area contributed by atoms with Gasteiger partial charge in [0.05, 0.1) is 11.5 Å². The van der Waals surface area contributed by atoms with Gasteiger partial charge in [-0.3, -0.25) is 0 Å². The van der Waals surface area contributed by atoms with Gasteiger partial charge in [-0.25, -0.2) is 18.4 Å². The number of anilines is 2. The second kappa shape index (κ2) is 6.60. The molecule has 1 aliphatic rings. The first-order valence-corrected chi connectivity index (χ1v) is 9.31. The summed E-state index contributed by atoms with van der Waals surface area (Å²) in [5.74, 6) is 3.13. The third-order valence-electron chi connectivity index (χ3n) is 3.52. The molecular formula is C14H24N4O2S. The zero-order chi connectivity index (χ0) is 15.5. The lowest BCUT2D eigenvalue weighted by molar-refractivity contribution is 0.558. The average molecular weight is 312 g/mol. The fourth-order valence-corrected chi connectivity index (χ4v) is 3.80. The van der Waals surface area contributed by atoms with Gasteiger partial charge in [-0.15, -0.1) is 0 Å². The van der Waals surface area contributed by atoms with Crippen molar-refractivity contribution in [2.45, 2.75) is 45.6 Å². The first kappa shape index (κ1) is 16.0. The van der Waals surface area contributed by atoms with Gasteiger partial charge in [0.15, 0.2) is 0 Å². The van der Waals surface area contributed by atoms with Crippen LogP contribution in [-0.2, 0) is 9.84 Å². The molecule has 2 rings (SSSR count). The molecular weight excluding hydrogens is 288 g/mol. The van der Waals surface area contributed by atoms with Crippen molar-refractivity contribution in [2.75, 3.05) is 28.7 Å². The molecule has 7 heteroatoms. The minimum atomic E-state index is -2.83. The predicted octanol–water partition coefficient (Wildman–Crippen LogP) is 2.02. The van der Waals surface area contributed by atoms with E-state index in [1.54, 1.807) is 0 Å². The van der Waals surface area contributed by atoms with E-state index >= 15 is 0 Å². The van der Waals surface area contributed by atoms with Crippen LogP contribution in [0.15, 0.2) is 6.07 Å². The van der Waals surface area contributed by atoms with Crippen LogP contribution < -0.4 is 10.6 Å². The maximum Gasteiger partial charge on any atom is 0.150 e. The van der Waals surface area contributed by atoms with Crippen LogP contribution >= 0.6 is 0 Å².